The number of halogens is 1. The zero-order valence-corrected chi connectivity index (χ0v) is 12.1. The second-order valence-electron chi connectivity index (χ2n) is 5.03. The van der Waals surface area contributed by atoms with Gasteiger partial charge >= 0.3 is 0 Å². The zero-order valence-electron chi connectivity index (χ0n) is 11.3. The molecule has 0 saturated carbocycles. The van der Waals surface area contributed by atoms with Gasteiger partial charge in [0.15, 0.2) is 10.8 Å². The van der Waals surface area contributed by atoms with Crippen LogP contribution < -0.4 is 4.65 Å². The van der Waals surface area contributed by atoms with Gasteiger partial charge in [0.05, 0.1) is 13.6 Å². The molecule has 2 rings (SSSR count). The number of likely N-dealkylation sites (tertiary alicyclic amines) is 1. The molecule has 1 aromatic heterocycles. The van der Waals surface area contributed by atoms with E-state index in [1.165, 1.54) is 13.1 Å². The van der Waals surface area contributed by atoms with Gasteiger partial charge in [-0.3, -0.25) is 4.79 Å². The van der Waals surface area contributed by atoms with Gasteiger partial charge in [-0.05, 0) is 26.2 Å². The molecule has 1 amide bonds. The topological polar surface area (TPSA) is 43.4 Å². The van der Waals surface area contributed by atoms with E-state index in [0.29, 0.717) is 24.6 Å². The molecule has 1 aromatic rings. The molecule has 0 N–H and O–H groups in total. The zero-order chi connectivity index (χ0) is 14.0. The third kappa shape index (κ3) is 2.96. The van der Waals surface area contributed by atoms with Crippen molar-refractivity contribution in [2.24, 2.45) is 0 Å². The molecule has 106 valence electrons. The molecule has 1 atom stereocenters. The summed E-state index contributed by atoms with van der Waals surface area (Å²) < 4.78 is 13.3. The van der Waals surface area contributed by atoms with Crippen molar-refractivity contribution in [3.63, 3.8) is 0 Å². The van der Waals surface area contributed by atoms with Crippen LogP contribution in [0, 0.1) is 11.0 Å². The largest absolute Gasteiger partial charge is 0.627 e. The highest BCUT2D eigenvalue weighted by Crippen LogP contribution is 2.33. The number of thiophene rings is 1. The molecule has 0 spiro atoms. The SMILES string of the molecule is CC[N+](C)([O-])c1cc(F)c(C(=O)N2CCCCC2)s1. The predicted molar refractivity (Wildman–Crippen MR) is 75.7 cm³/mol. The van der Waals surface area contributed by atoms with Crippen LogP contribution in [0.1, 0.15) is 35.9 Å². The third-order valence-electron chi connectivity index (χ3n) is 3.58. The Balaban J connectivity index is 2.22. The fourth-order valence-electron chi connectivity index (χ4n) is 2.13. The van der Waals surface area contributed by atoms with Crippen LogP contribution in [0.5, 0.6) is 0 Å². The second kappa shape index (κ2) is 5.56. The number of quaternary nitrogens is 1. The first-order valence-electron chi connectivity index (χ1n) is 6.61. The van der Waals surface area contributed by atoms with Crippen LogP contribution in [0.4, 0.5) is 9.39 Å². The smallest absolute Gasteiger partial charge is 0.267 e. The summed E-state index contributed by atoms with van der Waals surface area (Å²) in [6.07, 6.45) is 3.05. The van der Waals surface area contributed by atoms with Gasteiger partial charge < -0.3 is 14.8 Å². The number of piperidine rings is 1. The van der Waals surface area contributed by atoms with Crippen molar-refractivity contribution >= 4 is 22.2 Å². The van der Waals surface area contributed by atoms with Crippen molar-refractivity contribution in [1.82, 2.24) is 9.55 Å². The number of hydrogen-bond donors (Lipinski definition) is 0. The molecule has 19 heavy (non-hydrogen) atoms. The van der Waals surface area contributed by atoms with Crippen molar-refractivity contribution in [3.05, 3.63) is 22.0 Å². The summed E-state index contributed by atoms with van der Waals surface area (Å²) in [6, 6.07) is 1.21. The molecule has 0 bridgehead atoms. The number of carbonyl (C=O) groups is 1. The highest BCUT2D eigenvalue weighted by atomic mass is 32.1. The number of rotatable bonds is 3. The molecule has 1 fully saturated rings. The summed E-state index contributed by atoms with van der Waals surface area (Å²) in [5.74, 6) is -0.839. The van der Waals surface area contributed by atoms with Gasteiger partial charge in [0.2, 0.25) is 0 Å². The highest BCUT2D eigenvalue weighted by Gasteiger charge is 2.27. The first-order valence-corrected chi connectivity index (χ1v) is 7.43. The maximum Gasteiger partial charge on any atom is 0.267 e. The van der Waals surface area contributed by atoms with E-state index in [-0.39, 0.29) is 10.8 Å². The summed E-state index contributed by atoms with van der Waals surface area (Å²) >= 11 is 0.986. The number of nitrogens with zero attached hydrogens (tertiary/aromatic N) is 2. The monoisotopic (exact) mass is 286 g/mol. The van der Waals surface area contributed by atoms with Crippen LogP contribution in [0.25, 0.3) is 0 Å². The number of amides is 1. The predicted octanol–water partition coefficient (Wildman–Crippen LogP) is 2.97. The van der Waals surface area contributed by atoms with E-state index in [1.54, 1.807) is 11.8 Å². The molecule has 6 heteroatoms. The quantitative estimate of drug-likeness (QED) is 0.633. The van der Waals surface area contributed by atoms with Crippen LogP contribution in [-0.2, 0) is 0 Å². The van der Waals surface area contributed by atoms with Crippen LogP contribution in [0.3, 0.4) is 0 Å². The van der Waals surface area contributed by atoms with E-state index in [2.05, 4.69) is 0 Å². The molecular formula is C13H19FN2O2S. The highest BCUT2D eigenvalue weighted by molar-refractivity contribution is 7.17. The van der Waals surface area contributed by atoms with E-state index < -0.39 is 10.5 Å². The Morgan fingerprint density at radius 2 is 2.11 bits per heavy atom. The van der Waals surface area contributed by atoms with Gasteiger partial charge in [-0.15, -0.1) is 0 Å². The summed E-state index contributed by atoms with van der Waals surface area (Å²) in [5.41, 5.74) is 0. The molecule has 0 aromatic carbocycles. The average molecular weight is 286 g/mol. The molecule has 0 aliphatic carbocycles. The van der Waals surface area contributed by atoms with Crippen LogP contribution in [-0.4, -0.2) is 37.5 Å². The standard InChI is InChI=1S/C13H19FN2O2S/c1-3-16(2,18)11-9-10(14)12(19-11)13(17)15-7-5-4-6-8-15/h9H,3-8H2,1-2H3. The van der Waals surface area contributed by atoms with Crippen molar-refractivity contribution in [1.29, 1.82) is 0 Å². The average Bonchev–Trinajstić information content (AvgIpc) is 2.82. The maximum absolute atomic E-state index is 13.9. The Hall–Kier alpha value is -0.980. The fraction of sp³-hybridized carbons (Fsp3) is 0.615. The first-order chi connectivity index (χ1) is 8.95. The normalized spacial score (nSPS) is 19.3. The Labute approximate surface area is 116 Å². The molecule has 1 unspecified atom stereocenters. The second-order valence-corrected chi connectivity index (χ2v) is 6.06. The number of hydrogen-bond acceptors (Lipinski definition) is 3. The Morgan fingerprint density at radius 3 is 2.68 bits per heavy atom. The Kier molecular flexibility index (Phi) is 4.23. The van der Waals surface area contributed by atoms with Crippen molar-refractivity contribution in [2.45, 2.75) is 26.2 Å². The Bertz CT molecular complexity index is 467. The lowest BCUT2D eigenvalue weighted by molar-refractivity contribution is 0.0725. The first kappa shape index (κ1) is 14.4. The van der Waals surface area contributed by atoms with Gasteiger partial charge in [-0.2, -0.15) is 0 Å². The van der Waals surface area contributed by atoms with E-state index in [1.807, 2.05) is 0 Å². The maximum atomic E-state index is 13.9. The van der Waals surface area contributed by atoms with Crippen molar-refractivity contribution in [2.75, 3.05) is 26.7 Å². The fourth-order valence-corrected chi connectivity index (χ4v) is 3.20. The lowest BCUT2D eigenvalue weighted by atomic mass is 10.1. The molecule has 2 heterocycles. The minimum Gasteiger partial charge on any atom is -0.627 e. The van der Waals surface area contributed by atoms with Gasteiger partial charge in [0, 0.05) is 19.2 Å². The van der Waals surface area contributed by atoms with Crippen LogP contribution in [0.15, 0.2) is 6.07 Å². The van der Waals surface area contributed by atoms with Gasteiger partial charge in [0.1, 0.15) is 4.88 Å². The minimum atomic E-state index is -0.644. The summed E-state index contributed by atoms with van der Waals surface area (Å²) in [6.45, 7) is 3.43. The van der Waals surface area contributed by atoms with Gasteiger partial charge in [0.25, 0.3) is 5.91 Å². The summed E-state index contributed by atoms with van der Waals surface area (Å²) in [4.78, 5) is 14.0. The van der Waals surface area contributed by atoms with Crippen molar-refractivity contribution in [3.8, 4) is 0 Å². The van der Waals surface area contributed by atoms with E-state index >= 15 is 0 Å². The lowest BCUT2D eigenvalue weighted by Gasteiger charge is -2.34. The minimum absolute atomic E-state index is 0.0746. The van der Waals surface area contributed by atoms with E-state index in [9.17, 15) is 14.4 Å². The van der Waals surface area contributed by atoms with Gasteiger partial charge in [-0.1, -0.05) is 11.3 Å². The van der Waals surface area contributed by atoms with E-state index in [4.69, 9.17) is 0 Å². The van der Waals surface area contributed by atoms with Crippen molar-refractivity contribution < 1.29 is 9.18 Å². The molecule has 1 saturated heterocycles. The Morgan fingerprint density at radius 1 is 1.47 bits per heavy atom. The third-order valence-corrected chi connectivity index (χ3v) is 4.87. The van der Waals surface area contributed by atoms with Crippen LogP contribution in [0.2, 0.25) is 0 Å². The number of carbonyl (C=O) groups excluding carboxylic acids is 1. The molecule has 1 aliphatic rings. The lowest BCUT2D eigenvalue weighted by Crippen LogP contribution is -2.37. The van der Waals surface area contributed by atoms with Gasteiger partial charge in [-0.25, -0.2) is 4.39 Å². The molecule has 4 nitrogen and oxygen atoms in total. The van der Waals surface area contributed by atoms with Crippen LogP contribution >= 0.6 is 11.3 Å². The van der Waals surface area contributed by atoms with E-state index in [0.717, 1.165) is 30.6 Å². The molecular weight excluding hydrogens is 267 g/mol. The number of hydroxylamine groups is 2. The summed E-state index contributed by atoms with van der Waals surface area (Å²) in [5, 5.41) is 12.4. The summed E-state index contributed by atoms with van der Waals surface area (Å²) in [7, 11) is 1.47. The molecule has 1 aliphatic heterocycles. The molecule has 0 radical (unpaired) electrons.